The number of imidazole rings is 1. The van der Waals surface area contributed by atoms with Crippen LogP contribution in [0.25, 0.3) is 16.9 Å². The minimum absolute atomic E-state index is 0.207. The molecule has 6 heteroatoms. The molecule has 0 amide bonds. The van der Waals surface area contributed by atoms with Crippen molar-refractivity contribution in [1.29, 1.82) is 0 Å². The van der Waals surface area contributed by atoms with Crippen LogP contribution in [0, 0.1) is 11.6 Å². The molecule has 3 nitrogen and oxygen atoms in total. The predicted molar refractivity (Wildman–Crippen MR) is 63.3 cm³/mol. The SMILES string of the molecule is Fc1ccc(-c2ncc3c(Cl)nccn23)c(F)c1. The third kappa shape index (κ3) is 1.64. The van der Waals surface area contributed by atoms with E-state index in [1.807, 2.05) is 0 Å². The van der Waals surface area contributed by atoms with Gasteiger partial charge in [-0.25, -0.2) is 18.7 Å². The lowest BCUT2D eigenvalue weighted by atomic mass is 10.2. The molecule has 0 aliphatic rings. The van der Waals surface area contributed by atoms with Gasteiger partial charge in [-0.2, -0.15) is 0 Å². The van der Waals surface area contributed by atoms with Crippen LogP contribution in [0.3, 0.4) is 0 Å². The summed E-state index contributed by atoms with van der Waals surface area (Å²) >= 11 is 5.90. The predicted octanol–water partition coefficient (Wildman–Crippen LogP) is 3.33. The molecule has 0 atom stereocenters. The molecular weight excluding hydrogens is 260 g/mol. The van der Waals surface area contributed by atoms with Crippen molar-refractivity contribution >= 4 is 17.1 Å². The first kappa shape index (κ1) is 11.1. The van der Waals surface area contributed by atoms with E-state index in [2.05, 4.69) is 9.97 Å². The number of halogens is 3. The summed E-state index contributed by atoms with van der Waals surface area (Å²) in [6.45, 7) is 0. The topological polar surface area (TPSA) is 30.2 Å². The average molecular weight is 266 g/mol. The summed E-state index contributed by atoms with van der Waals surface area (Å²) in [6, 6.07) is 3.34. The van der Waals surface area contributed by atoms with Gasteiger partial charge in [0.25, 0.3) is 0 Å². The van der Waals surface area contributed by atoms with Crippen molar-refractivity contribution in [3.8, 4) is 11.4 Å². The Hall–Kier alpha value is -2.01. The first-order valence-corrected chi connectivity index (χ1v) is 5.47. The van der Waals surface area contributed by atoms with E-state index in [9.17, 15) is 8.78 Å². The van der Waals surface area contributed by atoms with Gasteiger partial charge < -0.3 is 0 Å². The number of hydrogen-bond donors (Lipinski definition) is 0. The first-order valence-electron chi connectivity index (χ1n) is 5.10. The van der Waals surface area contributed by atoms with Crippen LogP contribution in [-0.2, 0) is 0 Å². The lowest BCUT2D eigenvalue weighted by molar-refractivity contribution is 0.585. The third-order valence-electron chi connectivity index (χ3n) is 2.58. The molecule has 90 valence electrons. The van der Waals surface area contributed by atoms with Crippen LogP contribution in [0.2, 0.25) is 5.15 Å². The number of benzene rings is 1. The van der Waals surface area contributed by atoms with Gasteiger partial charge in [-0.3, -0.25) is 4.40 Å². The maximum atomic E-state index is 13.7. The summed E-state index contributed by atoms with van der Waals surface area (Å²) in [5, 5.41) is 0.277. The minimum Gasteiger partial charge on any atom is -0.295 e. The van der Waals surface area contributed by atoms with Gasteiger partial charge in [0.2, 0.25) is 0 Å². The van der Waals surface area contributed by atoms with Crippen molar-refractivity contribution in [2.45, 2.75) is 0 Å². The highest BCUT2D eigenvalue weighted by atomic mass is 35.5. The molecular formula is C12H6ClF2N3. The molecule has 2 aromatic heterocycles. The molecule has 0 spiro atoms. The van der Waals surface area contributed by atoms with Crippen LogP contribution in [0.4, 0.5) is 8.78 Å². The molecule has 3 aromatic rings. The fourth-order valence-electron chi connectivity index (χ4n) is 1.77. The Morgan fingerprint density at radius 2 is 2.00 bits per heavy atom. The van der Waals surface area contributed by atoms with E-state index >= 15 is 0 Å². The smallest absolute Gasteiger partial charge is 0.154 e. The van der Waals surface area contributed by atoms with Gasteiger partial charge in [0.05, 0.1) is 11.8 Å². The monoisotopic (exact) mass is 265 g/mol. The Morgan fingerprint density at radius 3 is 2.78 bits per heavy atom. The molecule has 0 radical (unpaired) electrons. The van der Waals surface area contributed by atoms with Crippen LogP contribution in [-0.4, -0.2) is 14.4 Å². The molecule has 18 heavy (non-hydrogen) atoms. The fourth-order valence-corrected chi connectivity index (χ4v) is 1.96. The summed E-state index contributed by atoms with van der Waals surface area (Å²) in [4.78, 5) is 7.99. The van der Waals surface area contributed by atoms with Crippen LogP contribution < -0.4 is 0 Å². The van der Waals surface area contributed by atoms with Gasteiger partial charge in [-0.05, 0) is 12.1 Å². The minimum atomic E-state index is -0.671. The maximum Gasteiger partial charge on any atom is 0.154 e. The Balaban J connectivity index is 2.29. The molecule has 0 saturated carbocycles. The summed E-state index contributed by atoms with van der Waals surface area (Å²) in [5.74, 6) is -0.945. The zero-order valence-electron chi connectivity index (χ0n) is 8.94. The highest BCUT2D eigenvalue weighted by molar-refractivity contribution is 6.32. The molecule has 0 bridgehead atoms. The molecule has 0 unspecified atom stereocenters. The zero-order valence-corrected chi connectivity index (χ0v) is 9.70. The molecule has 0 aliphatic heterocycles. The molecule has 0 N–H and O–H groups in total. The first-order chi connectivity index (χ1) is 8.66. The quantitative estimate of drug-likeness (QED) is 0.676. The van der Waals surface area contributed by atoms with Crippen LogP contribution >= 0.6 is 11.6 Å². The molecule has 2 heterocycles. The van der Waals surface area contributed by atoms with E-state index in [-0.39, 0.29) is 10.7 Å². The van der Waals surface area contributed by atoms with E-state index in [1.165, 1.54) is 24.5 Å². The van der Waals surface area contributed by atoms with Crippen molar-refractivity contribution in [2.75, 3.05) is 0 Å². The Kier molecular flexibility index (Phi) is 2.48. The standard InChI is InChI=1S/C12H6ClF2N3/c13-11-10-6-17-12(18(10)4-3-16-11)8-2-1-7(14)5-9(8)15/h1-6H. The van der Waals surface area contributed by atoms with Gasteiger partial charge >= 0.3 is 0 Å². The second kappa shape index (κ2) is 4.03. The van der Waals surface area contributed by atoms with E-state index in [0.717, 1.165) is 6.07 Å². The summed E-state index contributed by atoms with van der Waals surface area (Å²) in [5.41, 5.74) is 0.775. The van der Waals surface area contributed by atoms with E-state index < -0.39 is 11.6 Å². The molecule has 0 aliphatic carbocycles. The van der Waals surface area contributed by atoms with Crippen molar-refractivity contribution in [2.24, 2.45) is 0 Å². The highest BCUT2D eigenvalue weighted by Crippen LogP contribution is 2.25. The van der Waals surface area contributed by atoms with Crippen LogP contribution in [0.15, 0.2) is 36.8 Å². The van der Waals surface area contributed by atoms with Gasteiger partial charge in [-0.15, -0.1) is 0 Å². The van der Waals surface area contributed by atoms with Crippen molar-refractivity contribution in [3.63, 3.8) is 0 Å². The lowest BCUT2D eigenvalue weighted by Gasteiger charge is -2.03. The average Bonchev–Trinajstić information content (AvgIpc) is 2.74. The Morgan fingerprint density at radius 1 is 1.17 bits per heavy atom. The second-order valence-electron chi connectivity index (χ2n) is 3.68. The third-order valence-corrected chi connectivity index (χ3v) is 2.88. The maximum absolute atomic E-state index is 13.7. The number of nitrogens with zero attached hydrogens (tertiary/aromatic N) is 3. The largest absolute Gasteiger partial charge is 0.295 e. The molecule has 0 fully saturated rings. The van der Waals surface area contributed by atoms with Crippen molar-refractivity contribution in [3.05, 3.63) is 53.6 Å². The fraction of sp³-hybridized carbons (Fsp3) is 0. The van der Waals surface area contributed by atoms with E-state index in [1.54, 1.807) is 10.6 Å². The van der Waals surface area contributed by atoms with Gasteiger partial charge in [-0.1, -0.05) is 11.6 Å². The van der Waals surface area contributed by atoms with Gasteiger partial charge in [0.1, 0.15) is 23.0 Å². The van der Waals surface area contributed by atoms with E-state index in [0.29, 0.717) is 11.3 Å². The van der Waals surface area contributed by atoms with Crippen LogP contribution in [0.5, 0.6) is 0 Å². The normalized spacial score (nSPS) is 11.1. The summed E-state index contributed by atoms with van der Waals surface area (Å²) in [6.07, 6.45) is 4.60. The molecule has 0 saturated heterocycles. The molecule has 3 rings (SSSR count). The summed E-state index contributed by atoms with van der Waals surface area (Å²) < 4.78 is 28.2. The van der Waals surface area contributed by atoms with Crippen LogP contribution in [0.1, 0.15) is 0 Å². The second-order valence-corrected chi connectivity index (χ2v) is 4.04. The lowest BCUT2D eigenvalue weighted by Crippen LogP contribution is -1.94. The summed E-state index contributed by atoms with van der Waals surface area (Å²) in [7, 11) is 0. The number of fused-ring (bicyclic) bond motifs is 1. The number of hydrogen-bond acceptors (Lipinski definition) is 2. The molecule has 1 aromatic carbocycles. The number of aromatic nitrogens is 3. The number of rotatable bonds is 1. The Labute approximate surface area is 106 Å². The van der Waals surface area contributed by atoms with E-state index in [4.69, 9.17) is 11.6 Å². The van der Waals surface area contributed by atoms with Gasteiger partial charge in [0.15, 0.2) is 5.15 Å². The van der Waals surface area contributed by atoms with Crippen molar-refractivity contribution in [1.82, 2.24) is 14.4 Å². The van der Waals surface area contributed by atoms with Crippen molar-refractivity contribution < 1.29 is 8.78 Å². The Bertz CT molecular complexity index is 739. The highest BCUT2D eigenvalue weighted by Gasteiger charge is 2.13. The zero-order chi connectivity index (χ0) is 12.7. The van der Waals surface area contributed by atoms with Gasteiger partial charge in [0, 0.05) is 18.5 Å².